The Balaban J connectivity index is 1.84. The fraction of sp³-hybridized carbons (Fsp3) is 0.444. The number of hydrogen-bond acceptors (Lipinski definition) is 2. The first-order valence-electron chi connectivity index (χ1n) is 8.08. The van der Waals surface area contributed by atoms with Gasteiger partial charge in [-0.05, 0) is 49.8 Å². The Hall–Kier alpha value is -1.62. The number of aromatic nitrogens is 2. The molecule has 0 radical (unpaired) electrons. The van der Waals surface area contributed by atoms with Crippen LogP contribution in [0.1, 0.15) is 48.4 Å². The maximum absolute atomic E-state index is 12.7. The molecule has 1 aliphatic rings. The predicted octanol–water partition coefficient (Wildman–Crippen LogP) is 5.60. The molecule has 1 aromatic heterocycles. The summed E-state index contributed by atoms with van der Waals surface area (Å²) in [6.45, 7) is 0. The highest BCUT2D eigenvalue weighted by atomic mass is 35.5. The largest absolute Gasteiger partial charge is 0.416 e. The number of aryl methyl sites for hydroxylation is 1. The fourth-order valence-corrected chi connectivity index (χ4v) is 2.87. The molecule has 0 N–H and O–H groups in total. The van der Waals surface area contributed by atoms with Gasteiger partial charge in [-0.2, -0.15) is 13.2 Å². The number of hydrogen-bond donors (Lipinski definition) is 0. The van der Waals surface area contributed by atoms with Gasteiger partial charge in [0.25, 0.3) is 0 Å². The van der Waals surface area contributed by atoms with Gasteiger partial charge in [-0.25, -0.2) is 9.97 Å². The predicted molar refractivity (Wildman–Crippen MR) is 88.1 cm³/mol. The van der Waals surface area contributed by atoms with Crippen LogP contribution in [0.3, 0.4) is 0 Å². The van der Waals surface area contributed by atoms with Crippen LogP contribution in [0.4, 0.5) is 13.2 Å². The average Bonchev–Trinajstić information content (AvgIpc) is 3.39. The summed E-state index contributed by atoms with van der Waals surface area (Å²) in [5.41, 5.74) is 2.14. The number of alkyl halides is 4. The van der Waals surface area contributed by atoms with Crippen molar-refractivity contribution in [2.24, 2.45) is 0 Å². The molecular weight excluding hydrogens is 337 g/mol. The molecule has 6 heteroatoms. The first kappa shape index (κ1) is 17.2. The van der Waals surface area contributed by atoms with E-state index in [1.165, 1.54) is 12.1 Å². The third-order valence-corrected chi connectivity index (χ3v) is 4.43. The SMILES string of the molecule is FC(F)(F)c1ccc(-c2ncc(CCCCCl)c(C3CC3)n2)cc1. The Kier molecular flexibility index (Phi) is 5.09. The Labute approximate surface area is 144 Å². The topological polar surface area (TPSA) is 25.8 Å². The molecule has 2 nitrogen and oxygen atoms in total. The van der Waals surface area contributed by atoms with Crippen LogP contribution in [-0.2, 0) is 12.6 Å². The highest BCUT2D eigenvalue weighted by Gasteiger charge is 2.30. The minimum atomic E-state index is -4.33. The zero-order valence-corrected chi connectivity index (χ0v) is 13.9. The van der Waals surface area contributed by atoms with E-state index >= 15 is 0 Å². The van der Waals surface area contributed by atoms with Crippen LogP contribution in [0.25, 0.3) is 11.4 Å². The molecule has 0 aliphatic heterocycles. The lowest BCUT2D eigenvalue weighted by Crippen LogP contribution is -2.05. The van der Waals surface area contributed by atoms with E-state index in [0.29, 0.717) is 23.2 Å². The molecule has 24 heavy (non-hydrogen) atoms. The van der Waals surface area contributed by atoms with Gasteiger partial charge in [-0.3, -0.25) is 0 Å². The van der Waals surface area contributed by atoms with E-state index < -0.39 is 11.7 Å². The second kappa shape index (κ2) is 7.09. The first-order chi connectivity index (χ1) is 11.5. The van der Waals surface area contributed by atoms with Gasteiger partial charge >= 0.3 is 6.18 Å². The van der Waals surface area contributed by atoms with E-state index in [-0.39, 0.29) is 0 Å². The summed E-state index contributed by atoms with van der Waals surface area (Å²) in [6.07, 6.45) is 2.56. The monoisotopic (exact) mass is 354 g/mol. The summed E-state index contributed by atoms with van der Waals surface area (Å²) in [5, 5.41) is 0. The van der Waals surface area contributed by atoms with Crippen LogP contribution in [0.2, 0.25) is 0 Å². The molecule has 0 atom stereocenters. The molecule has 1 heterocycles. The number of rotatable bonds is 6. The van der Waals surface area contributed by atoms with E-state index in [1.54, 1.807) is 0 Å². The first-order valence-corrected chi connectivity index (χ1v) is 8.62. The van der Waals surface area contributed by atoms with Gasteiger partial charge in [0, 0.05) is 23.6 Å². The average molecular weight is 355 g/mol. The van der Waals surface area contributed by atoms with Gasteiger partial charge in [-0.1, -0.05) is 12.1 Å². The van der Waals surface area contributed by atoms with Gasteiger partial charge in [-0.15, -0.1) is 11.6 Å². The lowest BCUT2D eigenvalue weighted by atomic mass is 10.0. The minimum absolute atomic E-state index is 0.465. The third kappa shape index (κ3) is 4.07. The van der Waals surface area contributed by atoms with Gasteiger partial charge in [0.2, 0.25) is 0 Å². The Bertz CT molecular complexity index is 694. The third-order valence-electron chi connectivity index (χ3n) is 4.16. The lowest BCUT2D eigenvalue weighted by molar-refractivity contribution is -0.137. The summed E-state index contributed by atoms with van der Waals surface area (Å²) >= 11 is 5.72. The molecule has 0 unspecified atom stereocenters. The maximum atomic E-state index is 12.7. The molecule has 0 amide bonds. The van der Waals surface area contributed by atoms with Crippen LogP contribution in [0.5, 0.6) is 0 Å². The van der Waals surface area contributed by atoms with Crippen molar-refractivity contribution in [2.45, 2.75) is 44.2 Å². The molecule has 0 spiro atoms. The normalized spacial score (nSPS) is 14.8. The van der Waals surface area contributed by atoms with Crippen LogP contribution >= 0.6 is 11.6 Å². The fourth-order valence-electron chi connectivity index (χ4n) is 2.68. The molecule has 2 aromatic rings. The van der Waals surface area contributed by atoms with Crippen LogP contribution in [-0.4, -0.2) is 15.8 Å². The summed E-state index contributed by atoms with van der Waals surface area (Å²) in [7, 11) is 0. The van der Waals surface area contributed by atoms with Gasteiger partial charge in [0.15, 0.2) is 5.82 Å². The molecule has 1 aromatic carbocycles. The van der Waals surface area contributed by atoms with Gasteiger partial charge < -0.3 is 0 Å². The molecular formula is C18H18ClF3N2. The summed E-state index contributed by atoms with van der Waals surface area (Å²) < 4.78 is 38.0. The molecule has 3 rings (SSSR count). The van der Waals surface area contributed by atoms with Gasteiger partial charge in [0.05, 0.1) is 11.3 Å². The van der Waals surface area contributed by atoms with E-state index in [0.717, 1.165) is 55.5 Å². The Morgan fingerprint density at radius 1 is 1.08 bits per heavy atom. The zero-order chi connectivity index (χ0) is 17.2. The summed E-state index contributed by atoms with van der Waals surface area (Å²) in [5.74, 6) is 1.60. The highest BCUT2D eigenvalue weighted by Crippen LogP contribution is 2.41. The second-order valence-electron chi connectivity index (χ2n) is 6.10. The van der Waals surface area contributed by atoms with Crippen molar-refractivity contribution in [3.05, 3.63) is 47.3 Å². The van der Waals surface area contributed by atoms with Crippen molar-refractivity contribution in [1.29, 1.82) is 0 Å². The molecule has 0 saturated heterocycles. The molecule has 128 valence electrons. The van der Waals surface area contributed by atoms with E-state index in [9.17, 15) is 13.2 Å². The highest BCUT2D eigenvalue weighted by molar-refractivity contribution is 6.17. The van der Waals surface area contributed by atoms with E-state index in [1.807, 2.05) is 6.20 Å². The summed E-state index contributed by atoms with van der Waals surface area (Å²) in [6, 6.07) is 5.01. The lowest BCUT2D eigenvalue weighted by Gasteiger charge is -2.11. The van der Waals surface area contributed by atoms with Crippen LogP contribution in [0, 0.1) is 0 Å². The number of benzene rings is 1. The van der Waals surface area contributed by atoms with E-state index in [4.69, 9.17) is 11.6 Å². The van der Waals surface area contributed by atoms with Crippen molar-refractivity contribution in [2.75, 3.05) is 5.88 Å². The van der Waals surface area contributed by atoms with Crippen molar-refractivity contribution in [3.8, 4) is 11.4 Å². The number of nitrogens with zero attached hydrogens (tertiary/aromatic N) is 2. The Morgan fingerprint density at radius 2 is 1.79 bits per heavy atom. The number of halogens is 4. The van der Waals surface area contributed by atoms with Crippen molar-refractivity contribution in [1.82, 2.24) is 9.97 Å². The maximum Gasteiger partial charge on any atom is 0.416 e. The molecule has 1 saturated carbocycles. The molecule has 1 aliphatic carbocycles. The quantitative estimate of drug-likeness (QED) is 0.498. The van der Waals surface area contributed by atoms with Crippen LogP contribution < -0.4 is 0 Å². The van der Waals surface area contributed by atoms with Crippen molar-refractivity contribution in [3.63, 3.8) is 0 Å². The second-order valence-corrected chi connectivity index (χ2v) is 6.48. The smallest absolute Gasteiger partial charge is 0.236 e. The molecule has 0 bridgehead atoms. The van der Waals surface area contributed by atoms with E-state index in [2.05, 4.69) is 9.97 Å². The zero-order valence-electron chi connectivity index (χ0n) is 13.1. The van der Waals surface area contributed by atoms with Crippen molar-refractivity contribution < 1.29 is 13.2 Å². The minimum Gasteiger partial charge on any atom is -0.236 e. The Morgan fingerprint density at radius 3 is 2.38 bits per heavy atom. The molecule has 1 fully saturated rings. The number of unbranched alkanes of at least 4 members (excludes halogenated alkanes) is 1. The van der Waals surface area contributed by atoms with Crippen molar-refractivity contribution >= 4 is 11.6 Å². The van der Waals surface area contributed by atoms with Gasteiger partial charge in [0.1, 0.15) is 0 Å². The standard InChI is InChI=1S/C18H18ClF3N2/c19-10-2-1-3-14-11-23-17(24-16(14)12-4-5-12)13-6-8-15(9-7-13)18(20,21)22/h6-9,11-12H,1-5,10H2. The summed E-state index contributed by atoms with van der Waals surface area (Å²) in [4.78, 5) is 9.02. The van der Waals surface area contributed by atoms with Crippen LogP contribution in [0.15, 0.2) is 30.5 Å².